The zero-order chi connectivity index (χ0) is 13.7. The first-order valence-electron chi connectivity index (χ1n) is 6.08. The molecular formula is C13H15FN2O2S. The first-order chi connectivity index (χ1) is 9.16. The summed E-state index contributed by atoms with van der Waals surface area (Å²) in [5, 5.41) is 2.67. The lowest BCUT2D eigenvalue weighted by Crippen LogP contribution is -2.50. The van der Waals surface area contributed by atoms with Crippen molar-refractivity contribution in [2.45, 2.75) is 11.3 Å². The molecule has 1 heterocycles. The minimum absolute atomic E-state index is 0.0568. The molecule has 0 bridgehead atoms. The van der Waals surface area contributed by atoms with Crippen molar-refractivity contribution < 1.29 is 14.0 Å². The number of benzene rings is 1. The van der Waals surface area contributed by atoms with Crippen LogP contribution in [0.4, 0.5) is 4.39 Å². The molecule has 1 aromatic carbocycles. The van der Waals surface area contributed by atoms with Gasteiger partial charge in [-0.15, -0.1) is 11.8 Å². The molecule has 1 aromatic rings. The summed E-state index contributed by atoms with van der Waals surface area (Å²) < 4.78 is 13.4. The maximum Gasteiger partial charge on any atom is 0.239 e. The van der Waals surface area contributed by atoms with Crippen LogP contribution in [0.15, 0.2) is 29.2 Å². The number of carbonyl (C=O) groups excluding carboxylic acids is 2. The molecule has 0 radical (unpaired) electrons. The van der Waals surface area contributed by atoms with Gasteiger partial charge in [-0.1, -0.05) is 12.1 Å². The van der Waals surface area contributed by atoms with E-state index in [-0.39, 0.29) is 24.2 Å². The Bertz CT molecular complexity index is 481. The van der Waals surface area contributed by atoms with Gasteiger partial charge in [0.25, 0.3) is 0 Å². The van der Waals surface area contributed by atoms with Crippen molar-refractivity contribution in [2.75, 3.05) is 25.4 Å². The number of piperazine rings is 1. The van der Waals surface area contributed by atoms with Gasteiger partial charge in [-0.2, -0.15) is 0 Å². The molecule has 0 aliphatic carbocycles. The SMILES string of the molecule is O=C1CN(C(=O)CCSc2ccccc2F)CCN1. The average molecular weight is 282 g/mol. The molecule has 1 N–H and O–H groups in total. The van der Waals surface area contributed by atoms with Gasteiger partial charge >= 0.3 is 0 Å². The molecule has 4 nitrogen and oxygen atoms in total. The molecule has 2 rings (SSSR count). The van der Waals surface area contributed by atoms with E-state index in [2.05, 4.69) is 5.32 Å². The topological polar surface area (TPSA) is 49.4 Å². The maximum atomic E-state index is 13.4. The Balaban J connectivity index is 1.78. The van der Waals surface area contributed by atoms with Crippen LogP contribution in [0.25, 0.3) is 0 Å². The van der Waals surface area contributed by atoms with E-state index in [4.69, 9.17) is 0 Å². The molecule has 19 heavy (non-hydrogen) atoms. The summed E-state index contributed by atoms with van der Waals surface area (Å²) in [4.78, 5) is 25.1. The second-order valence-electron chi connectivity index (χ2n) is 4.19. The molecule has 0 unspecified atom stereocenters. The van der Waals surface area contributed by atoms with Gasteiger partial charge in [0, 0.05) is 30.2 Å². The molecule has 0 saturated carbocycles. The van der Waals surface area contributed by atoms with Crippen LogP contribution >= 0.6 is 11.8 Å². The molecular weight excluding hydrogens is 267 g/mol. The summed E-state index contributed by atoms with van der Waals surface area (Å²) in [5.41, 5.74) is 0. The number of halogens is 1. The Kier molecular flexibility index (Phi) is 4.79. The van der Waals surface area contributed by atoms with E-state index in [0.717, 1.165) is 0 Å². The van der Waals surface area contributed by atoms with Crippen molar-refractivity contribution in [3.8, 4) is 0 Å². The van der Waals surface area contributed by atoms with Crippen LogP contribution in [-0.4, -0.2) is 42.1 Å². The van der Waals surface area contributed by atoms with Gasteiger partial charge in [0.1, 0.15) is 5.82 Å². The summed E-state index contributed by atoms with van der Waals surface area (Å²) in [7, 11) is 0. The Labute approximate surface area is 115 Å². The number of hydrogen-bond donors (Lipinski definition) is 1. The van der Waals surface area contributed by atoms with Crippen LogP contribution < -0.4 is 5.32 Å². The van der Waals surface area contributed by atoms with E-state index in [0.29, 0.717) is 30.2 Å². The van der Waals surface area contributed by atoms with Crippen LogP contribution in [-0.2, 0) is 9.59 Å². The minimum Gasteiger partial charge on any atom is -0.353 e. The smallest absolute Gasteiger partial charge is 0.239 e. The van der Waals surface area contributed by atoms with Crippen molar-refractivity contribution in [1.29, 1.82) is 0 Å². The lowest BCUT2D eigenvalue weighted by atomic mass is 10.3. The van der Waals surface area contributed by atoms with Gasteiger partial charge in [-0.3, -0.25) is 9.59 Å². The molecule has 1 fully saturated rings. The van der Waals surface area contributed by atoms with Gasteiger partial charge in [0.2, 0.25) is 11.8 Å². The third-order valence-corrected chi connectivity index (χ3v) is 3.85. The van der Waals surface area contributed by atoms with Crippen LogP contribution in [0.1, 0.15) is 6.42 Å². The second-order valence-corrected chi connectivity index (χ2v) is 5.33. The fourth-order valence-electron chi connectivity index (χ4n) is 1.82. The maximum absolute atomic E-state index is 13.4. The fourth-order valence-corrected chi connectivity index (χ4v) is 2.70. The van der Waals surface area contributed by atoms with E-state index in [1.54, 1.807) is 23.1 Å². The Morgan fingerprint density at radius 2 is 2.21 bits per heavy atom. The van der Waals surface area contributed by atoms with Crippen molar-refractivity contribution in [3.63, 3.8) is 0 Å². The Morgan fingerprint density at radius 3 is 2.95 bits per heavy atom. The van der Waals surface area contributed by atoms with Gasteiger partial charge in [0.05, 0.1) is 6.54 Å². The van der Waals surface area contributed by atoms with E-state index in [1.165, 1.54) is 17.8 Å². The number of amides is 2. The van der Waals surface area contributed by atoms with Gasteiger partial charge in [0.15, 0.2) is 0 Å². The van der Waals surface area contributed by atoms with Crippen molar-refractivity contribution in [2.24, 2.45) is 0 Å². The molecule has 0 aromatic heterocycles. The number of thioether (sulfide) groups is 1. The zero-order valence-corrected chi connectivity index (χ0v) is 11.2. The molecule has 2 amide bonds. The number of carbonyl (C=O) groups is 2. The number of rotatable bonds is 4. The summed E-state index contributed by atoms with van der Waals surface area (Å²) in [6.07, 6.45) is 0.312. The quantitative estimate of drug-likeness (QED) is 0.846. The predicted molar refractivity (Wildman–Crippen MR) is 71.3 cm³/mol. The predicted octanol–water partition coefficient (Wildman–Crippen LogP) is 1.27. The highest BCUT2D eigenvalue weighted by atomic mass is 32.2. The summed E-state index contributed by atoms with van der Waals surface area (Å²) in [5.74, 6) is 0.0649. The van der Waals surface area contributed by atoms with Crippen molar-refractivity contribution in [3.05, 3.63) is 30.1 Å². The monoisotopic (exact) mass is 282 g/mol. The molecule has 1 aliphatic rings. The number of nitrogens with zero attached hydrogens (tertiary/aromatic N) is 1. The molecule has 0 spiro atoms. The van der Waals surface area contributed by atoms with Gasteiger partial charge in [-0.05, 0) is 12.1 Å². The van der Waals surface area contributed by atoms with E-state index >= 15 is 0 Å². The van der Waals surface area contributed by atoms with E-state index in [9.17, 15) is 14.0 Å². The summed E-state index contributed by atoms with van der Waals surface area (Å²) >= 11 is 1.32. The lowest BCUT2D eigenvalue weighted by molar-refractivity contribution is -0.137. The van der Waals surface area contributed by atoms with Crippen LogP contribution in [0, 0.1) is 5.82 Å². The molecule has 1 saturated heterocycles. The van der Waals surface area contributed by atoms with E-state index in [1.807, 2.05) is 0 Å². The highest BCUT2D eigenvalue weighted by Crippen LogP contribution is 2.22. The lowest BCUT2D eigenvalue weighted by Gasteiger charge is -2.26. The first-order valence-corrected chi connectivity index (χ1v) is 7.07. The standard InChI is InChI=1S/C13H15FN2O2S/c14-10-3-1-2-4-11(10)19-8-5-13(18)16-7-6-15-12(17)9-16/h1-4H,5-9H2,(H,15,17). The van der Waals surface area contributed by atoms with Gasteiger partial charge < -0.3 is 10.2 Å². The third kappa shape index (κ3) is 3.96. The summed E-state index contributed by atoms with van der Waals surface area (Å²) in [6, 6.07) is 6.50. The largest absolute Gasteiger partial charge is 0.353 e. The van der Waals surface area contributed by atoms with E-state index < -0.39 is 0 Å². The minimum atomic E-state index is -0.266. The molecule has 0 atom stereocenters. The molecule has 6 heteroatoms. The van der Waals surface area contributed by atoms with Crippen LogP contribution in [0.3, 0.4) is 0 Å². The zero-order valence-electron chi connectivity index (χ0n) is 10.4. The number of nitrogens with one attached hydrogen (secondary N) is 1. The number of hydrogen-bond acceptors (Lipinski definition) is 3. The highest BCUT2D eigenvalue weighted by Gasteiger charge is 2.20. The normalized spacial score (nSPS) is 15.2. The first kappa shape index (κ1) is 13.9. The van der Waals surface area contributed by atoms with Crippen LogP contribution in [0.2, 0.25) is 0 Å². The Hall–Kier alpha value is -1.56. The Morgan fingerprint density at radius 1 is 1.42 bits per heavy atom. The van der Waals surface area contributed by atoms with Gasteiger partial charge in [-0.25, -0.2) is 4.39 Å². The summed E-state index contributed by atoms with van der Waals surface area (Å²) in [6.45, 7) is 1.18. The van der Waals surface area contributed by atoms with Crippen molar-refractivity contribution in [1.82, 2.24) is 10.2 Å². The van der Waals surface area contributed by atoms with Crippen molar-refractivity contribution >= 4 is 23.6 Å². The molecule has 1 aliphatic heterocycles. The third-order valence-electron chi connectivity index (χ3n) is 2.80. The highest BCUT2D eigenvalue weighted by molar-refractivity contribution is 7.99. The average Bonchev–Trinajstić information content (AvgIpc) is 2.41. The second kappa shape index (κ2) is 6.56. The van der Waals surface area contributed by atoms with Crippen LogP contribution in [0.5, 0.6) is 0 Å². The molecule has 102 valence electrons. The fraction of sp³-hybridized carbons (Fsp3) is 0.385.